The molecule has 6 nitrogen and oxygen atoms in total. The quantitative estimate of drug-likeness (QED) is 0.505. The molecule has 0 aliphatic rings. The zero-order chi connectivity index (χ0) is 19.2. The number of thiazole rings is 1. The van der Waals surface area contributed by atoms with Crippen LogP contribution in [0.4, 0.5) is 5.95 Å². The van der Waals surface area contributed by atoms with Gasteiger partial charge in [0.15, 0.2) is 0 Å². The largest absolute Gasteiger partial charge is 0.354 e. The molecule has 0 aliphatic heterocycles. The maximum Gasteiger partial charge on any atom is 0.274 e. The average molecular weight is 389 g/mol. The molecule has 2 N–H and O–H groups in total. The number of aromatic amines is 1. The van der Waals surface area contributed by atoms with Gasteiger partial charge in [0.25, 0.3) is 5.56 Å². The third-order valence-corrected chi connectivity index (χ3v) is 5.17. The van der Waals surface area contributed by atoms with E-state index in [1.807, 2.05) is 48.5 Å². The van der Waals surface area contributed by atoms with Crippen LogP contribution in [-0.4, -0.2) is 26.7 Å². The number of aromatic nitrogens is 4. The first-order chi connectivity index (χ1) is 13.8. The lowest BCUT2D eigenvalue weighted by molar-refractivity contribution is 0.852. The highest BCUT2D eigenvalue weighted by Crippen LogP contribution is 2.23. The summed E-state index contributed by atoms with van der Waals surface area (Å²) in [5.41, 5.74) is 3.34. The van der Waals surface area contributed by atoms with Crippen molar-refractivity contribution in [3.63, 3.8) is 0 Å². The van der Waals surface area contributed by atoms with E-state index in [0.29, 0.717) is 24.6 Å². The fraction of sp³-hybridized carbons (Fsp3) is 0.143. The summed E-state index contributed by atoms with van der Waals surface area (Å²) in [7, 11) is 0. The Morgan fingerprint density at radius 1 is 0.964 bits per heavy atom. The van der Waals surface area contributed by atoms with Gasteiger partial charge in [0.2, 0.25) is 5.95 Å². The number of H-pyrrole nitrogens is 1. The average Bonchev–Trinajstić information content (AvgIpc) is 3.20. The number of hydrogen-bond donors (Lipinski definition) is 2. The van der Waals surface area contributed by atoms with Crippen molar-refractivity contribution in [3.05, 3.63) is 93.3 Å². The molecule has 0 radical (unpaired) electrons. The summed E-state index contributed by atoms with van der Waals surface area (Å²) in [6.45, 7) is 0.612. The second kappa shape index (κ2) is 8.58. The summed E-state index contributed by atoms with van der Waals surface area (Å²) >= 11 is 1.63. The van der Waals surface area contributed by atoms with Gasteiger partial charge in [-0.2, -0.15) is 0 Å². The lowest BCUT2D eigenvalue weighted by Crippen LogP contribution is -2.20. The lowest BCUT2D eigenvalue weighted by atomic mass is 10.1. The topological polar surface area (TPSA) is 83.6 Å². The fourth-order valence-electron chi connectivity index (χ4n) is 2.79. The molecule has 4 rings (SSSR count). The Balaban J connectivity index is 1.34. The van der Waals surface area contributed by atoms with E-state index in [1.54, 1.807) is 11.3 Å². The van der Waals surface area contributed by atoms with Crippen molar-refractivity contribution in [2.75, 3.05) is 11.9 Å². The first-order valence-electron chi connectivity index (χ1n) is 9.01. The Morgan fingerprint density at radius 3 is 2.46 bits per heavy atom. The van der Waals surface area contributed by atoms with E-state index in [0.717, 1.165) is 28.2 Å². The highest BCUT2D eigenvalue weighted by atomic mass is 32.1. The predicted molar refractivity (Wildman–Crippen MR) is 112 cm³/mol. The number of benzene rings is 2. The summed E-state index contributed by atoms with van der Waals surface area (Å²) in [6, 6.07) is 19.9. The monoisotopic (exact) mass is 389 g/mol. The number of nitrogens with one attached hydrogen (secondary N) is 2. The number of anilines is 1. The maximum absolute atomic E-state index is 12.2. The van der Waals surface area contributed by atoms with Gasteiger partial charge in [0.1, 0.15) is 10.7 Å². The Hall–Kier alpha value is -3.32. The van der Waals surface area contributed by atoms with Crippen LogP contribution in [0.1, 0.15) is 17.0 Å². The van der Waals surface area contributed by atoms with Crippen LogP contribution >= 0.6 is 11.3 Å². The zero-order valence-electron chi connectivity index (χ0n) is 15.1. The van der Waals surface area contributed by atoms with Crippen LogP contribution in [0.15, 0.2) is 70.8 Å². The first kappa shape index (κ1) is 18.1. The van der Waals surface area contributed by atoms with Crippen molar-refractivity contribution in [1.82, 2.24) is 20.2 Å². The van der Waals surface area contributed by atoms with E-state index < -0.39 is 0 Å². The van der Waals surface area contributed by atoms with Gasteiger partial charge in [-0.1, -0.05) is 60.7 Å². The van der Waals surface area contributed by atoms with Gasteiger partial charge < -0.3 is 5.32 Å². The molecule has 0 bridgehead atoms. The predicted octanol–water partition coefficient (Wildman–Crippen LogP) is 3.53. The molecular formula is C21H19N5OS. The molecule has 0 atom stereocenters. The number of rotatable bonds is 7. The summed E-state index contributed by atoms with van der Waals surface area (Å²) in [5, 5.41) is 14.3. The third-order valence-electron chi connectivity index (χ3n) is 4.23. The molecular weight excluding hydrogens is 370 g/mol. The molecule has 2 aromatic carbocycles. The molecule has 2 heterocycles. The van der Waals surface area contributed by atoms with Crippen LogP contribution in [0.25, 0.3) is 10.6 Å². The molecule has 4 aromatic rings. The molecule has 0 saturated heterocycles. The normalized spacial score (nSPS) is 10.7. The van der Waals surface area contributed by atoms with E-state index in [1.165, 1.54) is 0 Å². The van der Waals surface area contributed by atoms with E-state index >= 15 is 0 Å². The highest BCUT2D eigenvalue weighted by molar-refractivity contribution is 7.13. The molecule has 2 aromatic heterocycles. The van der Waals surface area contributed by atoms with Crippen molar-refractivity contribution in [1.29, 1.82) is 0 Å². The van der Waals surface area contributed by atoms with Crippen LogP contribution in [0, 0.1) is 0 Å². The van der Waals surface area contributed by atoms with E-state index in [4.69, 9.17) is 0 Å². The molecule has 0 amide bonds. The molecule has 28 heavy (non-hydrogen) atoms. The van der Waals surface area contributed by atoms with Crippen molar-refractivity contribution in [3.8, 4) is 10.6 Å². The Bertz CT molecular complexity index is 1090. The SMILES string of the molecule is O=c1[nH]c(NCCc2csc(-c3ccccc3)n2)nnc1Cc1ccccc1. The summed E-state index contributed by atoms with van der Waals surface area (Å²) < 4.78 is 0. The number of nitrogens with zero attached hydrogens (tertiary/aromatic N) is 3. The summed E-state index contributed by atoms with van der Waals surface area (Å²) in [4.78, 5) is 19.6. The maximum atomic E-state index is 12.2. The molecule has 7 heteroatoms. The third kappa shape index (κ3) is 4.50. The minimum atomic E-state index is -0.221. The fourth-order valence-corrected chi connectivity index (χ4v) is 3.65. The summed E-state index contributed by atoms with van der Waals surface area (Å²) in [6.07, 6.45) is 1.20. The van der Waals surface area contributed by atoms with Crippen LogP contribution < -0.4 is 10.9 Å². The molecule has 0 aliphatic carbocycles. The molecule has 0 fully saturated rings. The van der Waals surface area contributed by atoms with Gasteiger partial charge >= 0.3 is 0 Å². The molecule has 0 unspecified atom stereocenters. The van der Waals surface area contributed by atoms with Gasteiger partial charge in [0.05, 0.1) is 5.69 Å². The Kier molecular flexibility index (Phi) is 5.53. The van der Waals surface area contributed by atoms with Crippen molar-refractivity contribution < 1.29 is 0 Å². The second-order valence-corrected chi connectivity index (χ2v) is 7.16. The smallest absolute Gasteiger partial charge is 0.274 e. The Morgan fingerprint density at radius 2 is 1.71 bits per heavy atom. The van der Waals surface area contributed by atoms with Gasteiger partial charge in [-0.05, 0) is 5.56 Å². The molecule has 0 spiro atoms. The van der Waals surface area contributed by atoms with E-state index in [9.17, 15) is 4.79 Å². The van der Waals surface area contributed by atoms with Crippen LogP contribution in [0.2, 0.25) is 0 Å². The van der Waals surface area contributed by atoms with Crippen molar-refractivity contribution >= 4 is 17.3 Å². The van der Waals surface area contributed by atoms with E-state index in [-0.39, 0.29) is 5.56 Å². The van der Waals surface area contributed by atoms with Crippen molar-refractivity contribution in [2.45, 2.75) is 12.8 Å². The van der Waals surface area contributed by atoms with Crippen LogP contribution in [-0.2, 0) is 12.8 Å². The minimum absolute atomic E-state index is 0.221. The molecule has 140 valence electrons. The van der Waals surface area contributed by atoms with Crippen LogP contribution in [0.5, 0.6) is 0 Å². The van der Waals surface area contributed by atoms with Gasteiger partial charge in [-0.25, -0.2) is 4.98 Å². The Labute approximate surface area is 166 Å². The van der Waals surface area contributed by atoms with Crippen molar-refractivity contribution in [2.24, 2.45) is 0 Å². The number of hydrogen-bond acceptors (Lipinski definition) is 6. The highest BCUT2D eigenvalue weighted by Gasteiger charge is 2.07. The van der Waals surface area contributed by atoms with Crippen LogP contribution in [0.3, 0.4) is 0 Å². The van der Waals surface area contributed by atoms with Gasteiger partial charge in [-0.3, -0.25) is 9.78 Å². The van der Waals surface area contributed by atoms with Gasteiger partial charge in [-0.15, -0.1) is 21.5 Å². The van der Waals surface area contributed by atoms with Gasteiger partial charge in [0, 0.05) is 30.3 Å². The lowest BCUT2D eigenvalue weighted by Gasteiger charge is -2.04. The molecule has 0 saturated carbocycles. The standard InChI is InChI=1S/C21H19N5OS/c27-19-18(13-15-7-3-1-4-8-15)25-26-21(24-19)22-12-11-17-14-28-20(23-17)16-9-5-2-6-10-16/h1-10,14H,11-13H2,(H2,22,24,26,27). The zero-order valence-corrected chi connectivity index (χ0v) is 15.9. The van der Waals surface area contributed by atoms with E-state index in [2.05, 4.69) is 43.0 Å². The first-order valence-corrected chi connectivity index (χ1v) is 9.89. The minimum Gasteiger partial charge on any atom is -0.354 e. The summed E-state index contributed by atoms with van der Waals surface area (Å²) in [5.74, 6) is 0.375. The second-order valence-electron chi connectivity index (χ2n) is 6.30.